The van der Waals surface area contributed by atoms with Crippen LogP contribution >= 0.6 is 11.6 Å². The first-order valence-electron chi connectivity index (χ1n) is 4.21. The average molecular weight is 212 g/mol. The second kappa shape index (κ2) is 3.57. The van der Waals surface area contributed by atoms with Gasteiger partial charge in [0.05, 0.1) is 29.6 Å². The molecule has 2 heterocycles. The lowest BCUT2D eigenvalue weighted by atomic mass is 10.2. The Balaban J connectivity index is 2.61. The van der Waals surface area contributed by atoms with Crippen LogP contribution in [0, 0.1) is 0 Å². The van der Waals surface area contributed by atoms with Crippen LogP contribution in [0.25, 0.3) is 5.65 Å². The fraction of sp³-hybridized carbons (Fsp3) is 0.222. The van der Waals surface area contributed by atoms with Crippen molar-refractivity contribution in [3.63, 3.8) is 0 Å². The molecule has 0 amide bonds. The third-order valence-corrected chi connectivity index (χ3v) is 2.30. The van der Waals surface area contributed by atoms with Crippen molar-refractivity contribution in [1.29, 1.82) is 0 Å². The lowest BCUT2D eigenvalue weighted by Gasteiger charge is -2.07. The quantitative estimate of drug-likeness (QED) is 0.779. The lowest BCUT2D eigenvalue weighted by Crippen LogP contribution is -2.16. The van der Waals surface area contributed by atoms with Gasteiger partial charge in [0.1, 0.15) is 5.65 Å². The van der Waals surface area contributed by atoms with Gasteiger partial charge in [-0.2, -0.15) is 0 Å². The smallest absolute Gasteiger partial charge is 0.137 e. The van der Waals surface area contributed by atoms with E-state index in [2.05, 4.69) is 4.98 Å². The lowest BCUT2D eigenvalue weighted by molar-refractivity contribution is 0.265. The van der Waals surface area contributed by atoms with E-state index in [9.17, 15) is 0 Å². The van der Waals surface area contributed by atoms with Crippen LogP contribution in [0.2, 0.25) is 5.02 Å². The van der Waals surface area contributed by atoms with Gasteiger partial charge >= 0.3 is 0 Å². The zero-order chi connectivity index (χ0) is 10.1. The second-order valence-electron chi connectivity index (χ2n) is 3.05. The van der Waals surface area contributed by atoms with E-state index in [4.69, 9.17) is 22.4 Å². The number of pyridine rings is 1. The molecule has 0 aliphatic rings. The number of rotatable bonds is 2. The predicted molar refractivity (Wildman–Crippen MR) is 54.2 cm³/mol. The van der Waals surface area contributed by atoms with Crippen LogP contribution < -0.4 is 5.73 Å². The van der Waals surface area contributed by atoms with Crippen molar-refractivity contribution < 1.29 is 5.11 Å². The van der Waals surface area contributed by atoms with E-state index in [1.165, 1.54) is 0 Å². The Kier molecular flexibility index (Phi) is 2.41. The number of nitrogens with zero attached hydrogens (tertiary/aromatic N) is 2. The molecule has 14 heavy (non-hydrogen) atoms. The summed E-state index contributed by atoms with van der Waals surface area (Å²) in [5.74, 6) is 0. The maximum absolute atomic E-state index is 8.94. The Labute approximate surface area is 85.9 Å². The van der Waals surface area contributed by atoms with Crippen LogP contribution in [-0.2, 0) is 0 Å². The molecule has 0 bridgehead atoms. The number of fused-ring (bicyclic) bond motifs is 1. The van der Waals surface area contributed by atoms with Gasteiger partial charge in [-0.15, -0.1) is 0 Å². The van der Waals surface area contributed by atoms with Crippen LogP contribution in [0.15, 0.2) is 24.5 Å². The first-order chi connectivity index (χ1) is 6.72. The van der Waals surface area contributed by atoms with E-state index in [1.807, 2.05) is 0 Å². The zero-order valence-electron chi connectivity index (χ0n) is 7.39. The minimum Gasteiger partial charge on any atom is -0.394 e. The summed E-state index contributed by atoms with van der Waals surface area (Å²) in [5, 5.41) is 9.55. The molecule has 0 saturated carbocycles. The van der Waals surface area contributed by atoms with Crippen molar-refractivity contribution in [2.45, 2.75) is 6.04 Å². The number of imidazole rings is 1. The van der Waals surface area contributed by atoms with Gasteiger partial charge < -0.3 is 15.2 Å². The number of aromatic nitrogens is 2. The van der Waals surface area contributed by atoms with Gasteiger partial charge in [0.25, 0.3) is 0 Å². The summed E-state index contributed by atoms with van der Waals surface area (Å²) in [6, 6.07) is 3.14. The number of halogens is 1. The highest BCUT2D eigenvalue weighted by molar-refractivity contribution is 6.30. The van der Waals surface area contributed by atoms with Gasteiger partial charge in [-0.25, -0.2) is 4.98 Å². The van der Waals surface area contributed by atoms with Gasteiger partial charge in [-0.05, 0) is 12.1 Å². The maximum atomic E-state index is 8.94. The van der Waals surface area contributed by atoms with Crippen molar-refractivity contribution in [2.24, 2.45) is 5.73 Å². The summed E-state index contributed by atoms with van der Waals surface area (Å²) in [6.45, 7) is -0.111. The van der Waals surface area contributed by atoms with E-state index in [0.29, 0.717) is 5.02 Å². The first kappa shape index (κ1) is 9.45. The van der Waals surface area contributed by atoms with Gasteiger partial charge in [0.2, 0.25) is 0 Å². The number of nitrogens with two attached hydrogens (primary N) is 1. The van der Waals surface area contributed by atoms with Crippen LogP contribution in [0.5, 0.6) is 0 Å². The van der Waals surface area contributed by atoms with Crippen molar-refractivity contribution >= 4 is 17.2 Å². The molecule has 0 fully saturated rings. The van der Waals surface area contributed by atoms with Crippen LogP contribution in [-0.4, -0.2) is 21.1 Å². The molecule has 0 radical (unpaired) electrons. The summed E-state index contributed by atoms with van der Waals surface area (Å²) in [7, 11) is 0. The summed E-state index contributed by atoms with van der Waals surface area (Å²) in [6.07, 6.45) is 3.38. The number of hydrogen-bond donors (Lipinski definition) is 2. The van der Waals surface area contributed by atoms with E-state index < -0.39 is 6.04 Å². The highest BCUT2D eigenvalue weighted by Crippen LogP contribution is 2.16. The van der Waals surface area contributed by atoms with Gasteiger partial charge in [-0.1, -0.05) is 11.6 Å². The molecule has 1 unspecified atom stereocenters. The fourth-order valence-corrected chi connectivity index (χ4v) is 1.50. The van der Waals surface area contributed by atoms with E-state index in [1.54, 1.807) is 28.9 Å². The third kappa shape index (κ3) is 1.48. The van der Waals surface area contributed by atoms with Gasteiger partial charge in [0, 0.05) is 6.20 Å². The highest BCUT2D eigenvalue weighted by atomic mass is 35.5. The Morgan fingerprint density at radius 3 is 3.07 bits per heavy atom. The van der Waals surface area contributed by atoms with Crippen molar-refractivity contribution in [2.75, 3.05) is 6.61 Å². The van der Waals surface area contributed by atoms with E-state index in [-0.39, 0.29) is 6.61 Å². The molecule has 74 valence electrons. The Hall–Kier alpha value is -1.10. The average Bonchev–Trinajstić information content (AvgIpc) is 2.59. The van der Waals surface area contributed by atoms with E-state index in [0.717, 1.165) is 11.3 Å². The van der Waals surface area contributed by atoms with Crippen LogP contribution in [0.4, 0.5) is 0 Å². The number of aliphatic hydroxyl groups is 1. The Morgan fingerprint density at radius 1 is 1.57 bits per heavy atom. The molecular weight excluding hydrogens is 202 g/mol. The zero-order valence-corrected chi connectivity index (χ0v) is 8.15. The molecule has 2 rings (SSSR count). The normalized spacial score (nSPS) is 13.4. The highest BCUT2D eigenvalue weighted by Gasteiger charge is 2.10. The molecule has 0 aliphatic carbocycles. The number of hydrogen-bond acceptors (Lipinski definition) is 3. The molecule has 0 spiro atoms. The monoisotopic (exact) mass is 211 g/mol. The standard InChI is InChI=1S/C9H10ClN3O/c10-6-1-2-9-12-3-8(7(11)5-14)13(9)4-6/h1-4,7,14H,5,11H2. The Morgan fingerprint density at radius 2 is 2.36 bits per heavy atom. The largest absolute Gasteiger partial charge is 0.394 e. The van der Waals surface area contributed by atoms with Crippen molar-refractivity contribution in [3.05, 3.63) is 35.2 Å². The van der Waals surface area contributed by atoms with Crippen molar-refractivity contribution in [3.8, 4) is 0 Å². The predicted octanol–water partition coefficient (Wildman–Crippen LogP) is 0.980. The molecule has 1 atom stereocenters. The van der Waals surface area contributed by atoms with Crippen LogP contribution in [0.3, 0.4) is 0 Å². The van der Waals surface area contributed by atoms with Crippen LogP contribution in [0.1, 0.15) is 11.7 Å². The van der Waals surface area contributed by atoms with E-state index >= 15 is 0 Å². The minimum atomic E-state index is -0.427. The third-order valence-electron chi connectivity index (χ3n) is 2.07. The molecule has 5 heteroatoms. The fourth-order valence-electron chi connectivity index (χ4n) is 1.34. The summed E-state index contributed by atoms with van der Waals surface area (Å²) < 4.78 is 1.78. The molecule has 2 aromatic heterocycles. The molecule has 2 aromatic rings. The topological polar surface area (TPSA) is 63.5 Å². The summed E-state index contributed by atoms with van der Waals surface area (Å²) in [5.41, 5.74) is 7.23. The minimum absolute atomic E-state index is 0.111. The molecule has 0 aliphatic heterocycles. The molecular formula is C9H10ClN3O. The number of aliphatic hydroxyl groups excluding tert-OH is 1. The van der Waals surface area contributed by atoms with Gasteiger partial charge in [0.15, 0.2) is 0 Å². The Bertz CT molecular complexity index is 454. The SMILES string of the molecule is NC(CO)c1cnc2ccc(Cl)cn12. The maximum Gasteiger partial charge on any atom is 0.137 e. The second-order valence-corrected chi connectivity index (χ2v) is 3.48. The summed E-state index contributed by atoms with van der Waals surface area (Å²) >= 11 is 5.84. The molecule has 3 N–H and O–H groups in total. The molecule has 4 nitrogen and oxygen atoms in total. The first-order valence-corrected chi connectivity index (χ1v) is 4.59. The van der Waals surface area contributed by atoms with Crippen molar-refractivity contribution in [1.82, 2.24) is 9.38 Å². The van der Waals surface area contributed by atoms with Gasteiger partial charge in [-0.3, -0.25) is 0 Å². The summed E-state index contributed by atoms with van der Waals surface area (Å²) in [4.78, 5) is 4.14. The molecule has 0 saturated heterocycles. The molecule has 0 aromatic carbocycles.